The van der Waals surface area contributed by atoms with E-state index in [2.05, 4.69) is 15.5 Å². The van der Waals surface area contributed by atoms with Crippen molar-refractivity contribution in [1.29, 1.82) is 0 Å². The second-order valence-electron chi connectivity index (χ2n) is 6.70. The van der Waals surface area contributed by atoms with Gasteiger partial charge in [-0.15, -0.1) is 5.10 Å². The van der Waals surface area contributed by atoms with Crippen molar-refractivity contribution in [3.63, 3.8) is 0 Å². The van der Waals surface area contributed by atoms with Crippen molar-refractivity contribution >= 4 is 10.0 Å². The van der Waals surface area contributed by atoms with Crippen LogP contribution in [0.2, 0.25) is 0 Å². The highest BCUT2D eigenvalue weighted by molar-refractivity contribution is 7.89. The number of aromatic nitrogens is 4. The van der Waals surface area contributed by atoms with E-state index >= 15 is 0 Å². The number of sulfonamides is 1. The molecule has 1 fully saturated rings. The summed E-state index contributed by atoms with van der Waals surface area (Å²) in [5, 5.41) is 11.2. The first-order chi connectivity index (χ1) is 13.5. The summed E-state index contributed by atoms with van der Waals surface area (Å²) in [7, 11) is -2.10. The lowest BCUT2D eigenvalue weighted by Gasteiger charge is -2.31. The third-order valence-electron chi connectivity index (χ3n) is 4.97. The molecule has 1 heterocycles. The van der Waals surface area contributed by atoms with E-state index in [4.69, 9.17) is 9.47 Å². The third-order valence-corrected chi connectivity index (χ3v) is 6.90. The van der Waals surface area contributed by atoms with E-state index in [1.165, 1.54) is 21.4 Å². The molecular weight excluding hydrogens is 382 g/mol. The van der Waals surface area contributed by atoms with Gasteiger partial charge in [-0.05, 0) is 37.1 Å². The van der Waals surface area contributed by atoms with Crippen LogP contribution in [0.15, 0.2) is 23.4 Å². The van der Waals surface area contributed by atoms with E-state index in [9.17, 15) is 8.42 Å². The van der Waals surface area contributed by atoms with Gasteiger partial charge in [0, 0.05) is 25.2 Å². The summed E-state index contributed by atoms with van der Waals surface area (Å²) in [5.74, 6) is 0.646. The zero-order valence-corrected chi connectivity index (χ0v) is 17.4. The number of benzene rings is 1. The molecule has 2 aromatic rings. The minimum atomic E-state index is -3.75. The van der Waals surface area contributed by atoms with Gasteiger partial charge in [-0.2, -0.15) is 8.99 Å². The van der Waals surface area contributed by atoms with Crippen LogP contribution in [0.25, 0.3) is 5.69 Å². The monoisotopic (exact) mass is 409 g/mol. The molecule has 28 heavy (non-hydrogen) atoms. The van der Waals surface area contributed by atoms with E-state index < -0.39 is 10.0 Å². The molecule has 0 saturated heterocycles. The van der Waals surface area contributed by atoms with Crippen molar-refractivity contribution in [3.05, 3.63) is 18.5 Å². The lowest BCUT2D eigenvalue weighted by atomic mass is 9.96. The first-order valence-electron chi connectivity index (χ1n) is 9.64. The van der Waals surface area contributed by atoms with Crippen molar-refractivity contribution in [2.75, 3.05) is 20.3 Å². The molecule has 0 spiro atoms. The Balaban J connectivity index is 2.08. The van der Waals surface area contributed by atoms with Gasteiger partial charge >= 0.3 is 0 Å². The van der Waals surface area contributed by atoms with E-state index in [1.54, 1.807) is 13.1 Å². The fraction of sp³-hybridized carbons (Fsp3) is 0.611. The predicted octanol–water partition coefficient (Wildman–Crippen LogP) is 2.41. The Bertz CT molecular complexity index is 880. The molecule has 0 bridgehead atoms. The van der Waals surface area contributed by atoms with Crippen molar-refractivity contribution in [1.82, 2.24) is 24.5 Å². The van der Waals surface area contributed by atoms with Crippen molar-refractivity contribution in [2.24, 2.45) is 0 Å². The first kappa shape index (κ1) is 20.5. The molecule has 0 radical (unpaired) electrons. The third kappa shape index (κ3) is 4.12. The van der Waals surface area contributed by atoms with Gasteiger partial charge < -0.3 is 9.47 Å². The van der Waals surface area contributed by atoms with Crippen molar-refractivity contribution in [3.8, 4) is 17.2 Å². The lowest BCUT2D eigenvalue weighted by molar-refractivity contribution is 0.282. The second-order valence-corrected chi connectivity index (χ2v) is 8.67. The lowest BCUT2D eigenvalue weighted by Crippen LogP contribution is -2.38. The summed E-state index contributed by atoms with van der Waals surface area (Å²) in [6.45, 7) is 4.36. The van der Waals surface area contributed by atoms with E-state index in [0.29, 0.717) is 24.7 Å². The summed E-state index contributed by atoms with van der Waals surface area (Å²) in [4.78, 5) is 0.0997. The molecule has 9 nitrogen and oxygen atoms in total. The standard InChI is InChI=1S/C18H27N5O4S/c1-4-26-16-12-18(28(24,25)22(3)14-9-7-6-8-10-14)17(27-5-2)11-15(16)23-13-19-20-21-23/h11-14H,4-10H2,1-3H3. The molecule has 0 atom stereocenters. The molecule has 0 aliphatic heterocycles. The second kappa shape index (κ2) is 8.87. The van der Waals surface area contributed by atoms with Crippen LogP contribution >= 0.6 is 0 Å². The van der Waals surface area contributed by atoms with Crippen LogP contribution in [0.1, 0.15) is 46.0 Å². The van der Waals surface area contributed by atoms with Gasteiger partial charge in [-0.25, -0.2) is 8.42 Å². The fourth-order valence-electron chi connectivity index (χ4n) is 3.52. The number of hydrogen-bond donors (Lipinski definition) is 0. The maximum atomic E-state index is 13.4. The molecule has 0 unspecified atom stereocenters. The van der Waals surface area contributed by atoms with Crippen LogP contribution < -0.4 is 9.47 Å². The summed E-state index contributed by atoms with van der Waals surface area (Å²) in [6.07, 6.45) is 6.43. The Morgan fingerprint density at radius 1 is 1.11 bits per heavy atom. The Morgan fingerprint density at radius 2 is 1.79 bits per heavy atom. The Morgan fingerprint density at radius 3 is 2.39 bits per heavy atom. The molecule has 10 heteroatoms. The van der Waals surface area contributed by atoms with Crippen LogP contribution in [0, 0.1) is 0 Å². The van der Waals surface area contributed by atoms with Gasteiger partial charge in [0.05, 0.1) is 13.2 Å². The van der Waals surface area contributed by atoms with Crippen molar-refractivity contribution in [2.45, 2.75) is 56.9 Å². The number of ether oxygens (including phenoxy) is 2. The van der Waals surface area contributed by atoms with Gasteiger partial charge in [-0.1, -0.05) is 19.3 Å². The molecule has 154 valence electrons. The largest absolute Gasteiger partial charge is 0.492 e. The average Bonchev–Trinajstić information content (AvgIpc) is 3.23. The Kier molecular flexibility index (Phi) is 6.50. The molecule has 1 saturated carbocycles. The number of nitrogens with zero attached hydrogens (tertiary/aromatic N) is 5. The zero-order chi connectivity index (χ0) is 20.1. The molecule has 1 aromatic heterocycles. The highest BCUT2D eigenvalue weighted by Crippen LogP contribution is 2.37. The normalized spacial score (nSPS) is 15.7. The van der Waals surface area contributed by atoms with Gasteiger partial charge in [-0.3, -0.25) is 0 Å². The summed E-state index contributed by atoms with van der Waals surface area (Å²) >= 11 is 0. The maximum absolute atomic E-state index is 13.4. The van der Waals surface area contributed by atoms with Crippen LogP contribution in [-0.4, -0.2) is 59.2 Å². The van der Waals surface area contributed by atoms with E-state index in [0.717, 1.165) is 32.1 Å². The van der Waals surface area contributed by atoms with Gasteiger partial charge in [0.2, 0.25) is 10.0 Å². The molecule has 3 rings (SSSR count). The zero-order valence-electron chi connectivity index (χ0n) is 16.5. The predicted molar refractivity (Wildman–Crippen MR) is 103 cm³/mol. The minimum absolute atomic E-state index is 0.00274. The summed E-state index contributed by atoms with van der Waals surface area (Å²) in [6, 6.07) is 3.13. The molecule has 0 N–H and O–H groups in total. The topological polar surface area (TPSA) is 99.4 Å². The number of rotatable bonds is 8. The van der Waals surface area contributed by atoms with Crippen molar-refractivity contribution < 1.29 is 17.9 Å². The van der Waals surface area contributed by atoms with Crippen LogP contribution in [0.3, 0.4) is 0 Å². The van der Waals surface area contributed by atoms with E-state index in [1.807, 2.05) is 13.8 Å². The Hall–Kier alpha value is -2.20. The minimum Gasteiger partial charge on any atom is -0.492 e. The number of tetrazole rings is 1. The van der Waals surface area contributed by atoms with Gasteiger partial charge in [0.25, 0.3) is 0 Å². The highest BCUT2D eigenvalue weighted by atomic mass is 32.2. The smallest absolute Gasteiger partial charge is 0.246 e. The van der Waals surface area contributed by atoms with Gasteiger partial charge in [0.1, 0.15) is 28.4 Å². The molecular formula is C18H27N5O4S. The maximum Gasteiger partial charge on any atom is 0.246 e. The molecule has 1 aromatic carbocycles. The average molecular weight is 410 g/mol. The summed E-state index contributed by atoms with van der Waals surface area (Å²) in [5.41, 5.74) is 0.523. The Labute approximate surface area is 165 Å². The number of hydrogen-bond acceptors (Lipinski definition) is 7. The first-order valence-corrected chi connectivity index (χ1v) is 11.1. The molecule has 1 aliphatic rings. The quantitative estimate of drug-likeness (QED) is 0.660. The molecule has 1 aliphatic carbocycles. The van der Waals surface area contributed by atoms with E-state index in [-0.39, 0.29) is 16.7 Å². The summed E-state index contributed by atoms with van der Waals surface area (Å²) < 4.78 is 41.1. The van der Waals surface area contributed by atoms with Gasteiger partial charge in [0.15, 0.2) is 0 Å². The highest BCUT2D eigenvalue weighted by Gasteiger charge is 2.32. The molecule has 0 amide bonds. The van der Waals surface area contributed by atoms with Crippen LogP contribution in [-0.2, 0) is 10.0 Å². The van der Waals surface area contributed by atoms with Crippen LogP contribution in [0.4, 0.5) is 0 Å². The SMILES string of the molecule is CCOc1cc(S(=O)(=O)N(C)C2CCCCC2)c(OCC)cc1-n1cnnn1. The fourth-order valence-corrected chi connectivity index (χ4v) is 5.06. The van der Waals surface area contributed by atoms with Crippen LogP contribution in [0.5, 0.6) is 11.5 Å².